The van der Waals surface area contributed by atoms with Gasteiger partial charge < -0.3 is 5.11 Å². The molecule has 3 nitrogen and oxygen atoms in total. The van der Waals surface area contributed by atoms with E-state index < -0.39 is 0 Å². The van der Waals surface area contributed by atoms with Crippen LogP contribution in [0.15, 0.2) is 0 Å². The Hall–Kier alpha value is -0.120. The van der Waals surface area contributed by atoms with Gasteiger partial charge in [0, 0.05) is 6.61 Å². The molecule has 0 rings (SSSR count). The van der Waals surface area contributed by atoms with Crippen LogP contribution in [-0.2, 0) is 4.89 Å². The van der Waals surface area contributed by atoms with Crippen molar-refractivity contribution in [1.29, 1.82) is 0 Å². The molecular weight excluding hydrogens is 144 g/mol. The summed E-state index contributed by atoms with van der Waals surface area (Å²) in [4.78, 5) is 4.31. The summed E-state index contributed by atoms with van der Waals surface area (Å²) >= 11 is 0. The average Bonchev–Trinajstić information content (AvgIpc) is 1.87. The Balaban J connectivity index is 3.76. The minimum absolute atomic E-state index is 0.0656. The topological polar surface area (TPSA) is 49.7 Å². The van der Waals surface area contributed by atoms with Gasteiger partial charge in [-0.25, -0.2) is 4.89 Å². The average molecular weight is 162 g/mol. The molecule has 0 aliphatic rings. The predicted octanol–water partition coefficient (Wildman–Crippen LogP) is 1.66. The number of aliphatic hydroxyl groups excluding tert-OH is 1. The van der Waals surface area contributed by atoms with Crippen molar-refractivity contribution in [2.24, 2.45) is 5.41 Å². The zero-order valence-electron chi connectivity index (χ0n) is 7.50. The standard InChI is InChI=1S/C8H18O3/c1-8(2,3)7(11-10)5-4-6-9/h7,9-10H,4-6H2,1-3H3. The molecule has 1 atom stereocenters. The third-order valence-corrected chi connectivity index (χ3v) is 1.72. The van der Waals surface area contributed by atoms with Crippen LogP contribution in [0.5, 0.6) is 0 Å². The molecule has 0 bridgehead atoms. The molecule has 0 aliphatic heterocycles. The molecule has 0 aromatic rings. The molecule has 11 heavy (non-hydrogen) atoms. The van der Waals surface area contributed by atoms with Gasteiger partial charge in [0.1, 0.15) is 0 Å². The molecular formula is C8H18O3. The Morgan fingerprint density at radius 3 is 2.18 bits per heavy atom. The van der Waals surface area contributed by atoms with Gasteiger partial charge in [-0.1, -0.05) is 20.8 Å². The van der Waals surface area contributed by atoms with Gasteiger partial charge in [0.2, 0.25) is 0 Å². The minimum Gasteiger partial charge on any atom is -0.396 e. The van der Waals surface area contributed by atoms with E-state index in [4.69, 9.17) is 10.4 Å². The highest BCUT2D eigenvalue weighted by molar-refractivity contribution is 4.72. The summed E-state index contributed by atoms with van der Waals surface area (Å²) in [6.45, 7) is 6.12. The molecule has 0 fully saturated rings. The van der Waals surface area contributed by atoms with E-state index in [1.165, 1.54) is 0 Å². The maximum Gasteiger partial charge on any atom is 0.0976 e. The molecule has 0 saturated carbocycles. The molecule has 1 unspecified atom stereocenters. The van der Waals surface area contributed by atoms with E-state index in [0.717, 1.165) is 0 Å². The van der Waals surface area contributed by atoms with Crippen molar-refractivity contribution in [3.05, 3.63) is 0 Å². The summed E-state index contributed by atoms with van der Waals surface area (Å²) in [6, 6.07) is 0. The number of hydrogen-bond donors (Lipinski definition) is 2. The normalized spacial score (nSPS) is 15.0. The van der Waals surface area contributed by atoms with Crippen LogP contribution in [0, 0.1) is 5.41 Å². The van der Waals surface area contributed by atoms with Crippen LogP contribution in [0.1, 0.15) is 33.6 Å². The Labute approximate surface area is 67.9 Å². The highest BCUT2D eigenvalue weighted by Crippen LogP contribution is 2.24. The van der Waals surface area contributed by atoms with E-state index in [0.29, 0.717) is 12.8 Å². The summed E-state index contributed by atoms with van der Waals surface area (Å²) < 4.78 is 0. The first-order valence-corrected chi connectivity index (χ1v) is 3.93. The van der Waals surface area contributed by atoms with Crippen molar-refractivity contribution >= 4 is 0 Å². The van der Waals surface area contributed by atoms with E-state index in [9.17, 15) is 0 Å². The molecule has 2 N–H and O–H groups in total. The molecule has 3 heteroatoms. The number of aliphatic hydroxyl groups is 1. The van der Waals surface area contributed by atoms with Gasteiger partial charge >= 0.3 is 0 Å². The fourth-order valence-electron chi connectivity index (χ4n) is 0.921. The lowest BCUT2D eigenvalue weighted by Gasteiger charge is -2.27. The van der Waals surface area contributed by atoms with Crippen LogP contribution in [0.4, 0.5) is 0 Å². The first kappa shape index (κ1) is 10.9. The third kappa shape index (κ3) is 4.35. The van der Waals surface area contributed by atoms with E-state index >= 15 is 0 Å². The lowest BCUT2D eigenvalue weighted by Crippen LogP contribution is -2.28. The molecule has 0 spiro atoms. The van der Waals surface area contributed by atoms with Crippen LogP contribution in [-0.4, -0.2) is 23.1 Å². The largest absolute Gasteiger partial charge is 0.396 e. The van der Waals surface area contributed by atoms with E-state index in [1.54, 1.807) is 0 Å². The fourth-order valence-corrected chi connectivity index (χ4v) is 0.921. The summed E-state index contributed by atoms with van der Waals surface area (Å²) in [6.07, 6.45) is 1.17. The first-order chi connectivity index (χ1) is 5.02. The van der Waals surface area contributed by atoms with Gasteiger partial charge in [-0.3, -0.25) is 5.26 Å². The van der Waals surface area contributed by atoms with Gasteiger partial charge in [0.05, 0.1) is 6.10 Å². The predicted molar refractivity (Wildman–Crippen MR) is 43.3 cm³/mol. The summed E-state index contributed by atoms with van der Waals surface area (Å²) in [7, 11) is 0. The Kier molecular flexibility index (Phi) is 4.65. The Morgan fingerprint density at radius 2 is 1.91 bits per heavy atom. The van der Waals surface area contributed by atoms with Gasteiger partial charge in [-0.05, 0) is 18.3 Å². The van der Waals surface area contributed by atoms with Crippen molar-refractivity contribution in [2.75, 3.05) is 6.61 Å². The maximum atomic E-state index is 8.54. The van der Waals surface area contributed by atoms with Crippen LogP contribution < -0.4 is 0 Å². The highest BCUT2D eigenvalue weighted by Gasteiger charge is 2.24. The lowest BCUT2D eigenvalue weighted by atomic mass is 9.86. The molecule has 0 amide bonds. The van der Waals surface area contributed by atoms with Crippen molar-refractivity contribution in [2.45, 2.75) is 39.7 Å². The zero-order valence-corrected chi connectivity index (χ0v) is 7.50. The smallest absolute Gasteiger partial charge is 0.0976 e. The quantitative estimate of drug-likeness (QED) is 0.488. The minimum atomic E-state index is -0.186. The second kappa shape index (κ2) is 4.70. The molecule has 0 aromatic carbocycles. The Morgan fingerprint density at radius 1 is 1.36 bits per heavy atom. The van der Waals surface area contributed by atoms with Crippen molar-refractivity contribution in [3.63, 3.8) is 0 Å². The molecule has 0 aliphatic carbocycles. The number of rotatable bonds is 4. The summed E-state index contributed by atoms with van der Waals surface area (Å²) in [5, 5.41) is 17.0. The summed E-state index contributed by atoms with van der Waals surface area (Å²) in [5.74, 6) is 0. The highest BCUT2D eigenvalue weighted by atomic mass is 17.1. The van der Waals surface area contributed by atoms with Gasteiger partial charge in [0.25, 0.3) is 0 Å². The van der Waals surface area contributed by atoms with Gasteiger partial charge in [0.15, 0.2) is 0 Å². The Bertz CT molecular complexity index is 96.0. The summed E-state index contributed by atoms with van der Waals surface area (Å²) in [5.41, 5.74) is -0.0656. The maximum absolute atomic E-state index is 8.54. The van der Waals surface area contributed by atoms with Crippen molar-refractivity contribution in [3.8, 4) is 0 Å². The van der Waals surface area contributed by atoms with E-state index in [2.05, 4.69) is 4.89 Å². The van der Waals surface area contributed by atoms with Crippen LogP contribution in [0.2, 0.25) is 0 Å². The van der Waals surface area contributed by atoms with Crippen LogP contribution in [0.3, 0.4) is 0 Å². The van der Waals surface area contributed by atoms with Crippen molar-refractivity contribution < 1.29 is 15.3 Å². The SMILES string of the molecule is CC(C)(C)C(CCCO)OO. The first-order valence-electron chi connectivity index (χ1n) is 3.93. The molecule has 0 saturated heterocycles. The number of hydrogen-bond acceptors (Lipinski definition) is 3. The second-order valence-corrected chi connectivity index (χ2v) is 3.83. The monoisotopic (exact) mass is 162 g/mol. The molecule has 68 valence electrons. The van der Waals surface area contributed by atoms with Crippen molar-refractivity contribution in [1.82, 2.24) is 0 Å². The van der Waals surface area contributed by atoms with E-state index in [1.807, 2.05) is 20.8 Å². The molecule has 0 heterocycles. The van der Waals surface area contributed by atoms with E-state index in [-0.39, 0.29) is 18.1 Å². The zero-order chi connectivity index (χ0) is 8.91. The third-order valence-electron chi connectivity index (χ3n) is 1.72. The lowest BCUT2D eigenvalue weighted by molar-refractivity contribution is -0.301. The second-order valence-electron chi connectivity index (χ2n) is 3.83. The molecule has 0 radical (unpaired) electrons. The fraction of sp³-hybridized carbons (Fsp3) is 1.00. The van der Waals surface area contributed by atoms with Crippen LogP contribution >= 0.6 is 0 Å². The van der Waals surface area contributed by atoms with Crippen LogP contribution in [0.25, 0.3) is 0 Å². The molecule has 0 aromatic heterocycles. The van der Waals surface area contributed by atoms with Gasteiger partial charge in [-0.15, -0.1) is 0 Å². The van der Waals surface area contributed by atoms with Gasteiger partial charge in [-0.2, -0.15) is 0 Å².